The summed E-state index contributed by atoms with van der Waals surface area (Å²) in [7, 11) is 1.17. The van der Waals surface area contributed by atoms with E-state index in [1.807, 2.05) is 0 Å². The number of nitrogens with one attached hydrogen (secondary N) is 2. The van der Waals surface area contributed by atoms with Crippen molar-refractivity contribution in [2.75, 3.05) is 29.2 Å². The van der Waals surface area contributed by atoms with Crippen LogP contribution in [0.2, 0.25) is 5.02 Å². The van der Waals surface area contributed by atoms with Crippen LogP contribution in [0.25, 0.3) is 0 Å². The first-order valence-electron chi connectivity index (χ1n) is 13.6. The molecule has 2 aliphatic rings. The van der Waals surface area contributed by atoms with Gasteiger partial charge >= 0.3 is 6.18 Å². The van der Waals surface area contributed by atoms with Crippen LogP contribution >= 0.6 is 34.8 Å². The molecule has 0 spiro atoms. The third kappa shape index (κ3) is 6.51. The SMILES string of the molecule is CN(C(=O)c1cc(NC(=O)C2[C@H](c3ccc(F)c(C(F)(F)F)c3)C2(Cl)Cl)ccc1Cl)c1ccc(F)c(NC(=O)C2CCCO2)c1F. The van der Waals surface area contributed by atoms with Crippen LogP contribution in [0.5, 0.6) is 0 Å². The first-order chi connectivity index (χ1) is 21.5. The second-order valence-corrected chi connectivity index (χ2v) is 12.5. The maximum atomic E-state index is 15.4. The molecule has 244 valence electrons. The smallest absolute Gasteiger partial charge is 0.368 e. The summed E-state index contributed by atoms with van der Waals surface area (Å²) in [6.45, 7) is 0.331. The van der Waals surface area contributed by atoms with E-state index >= 15 is 4.39 Å². The van der Waals surface area contributed by atoms with Crippen molar-refractivity contribution in [3.63, 3.8) is 0 Å². The normalized spacial score (nSPS) is 20.3. The van der Waals surface area contributed by atoms with Crippen LogP contribution in [-0.4, -0.2) is 41.8 Å². The Hall–Kier alpha value is -3.52. The minimum absolute atomic E-state index is 0.000106. The number of rotatable bonds is 7. The van der Waals surface area contributed by atoms with Crippen LogP contribution in [0, 0.1) is 23.4 Å². The van der Waals surface area contributed by atoms with Crippen LogP contribution in [0.3, 0.4) is 0 Å². The van der Waals surface area contributed by atoms with E-state index in [2.05, 4.69) is 10.6 Å². The molecule has 0 bridgehead atoms. The average Bonchev–Trinajstić information content (AvgIpc) is 3.29. The highest BCUT2D eigenvalue weighted by molar-refractivity contribution is 6.53. The summed E-state index contributed by atoms with van der Waals surface area (Å²) in [5.41, 5.74) is -3.07. The number of carbonyl (C=O) groups excluding carboxylic acids is 3. The molecule has 5 rings (SSSR count). The van der Waals surface area contributed by atoms with Crippen molar-refractivity contribution in [1.82, 2.24) is 0 Å². The number of amides is 3. The van der Waals surface area contributed by atoms with Gasteiger partial charge in [-0.3, -0.25) is 14.4 Å². The van der Waals surface area contributed by atoms with Crippen molar-refractivity contribution in [3.8, 4) is 0 Å². The van der Waals surface area contributed by atoms with E-state index in [-0.39, 0.29) is 21.8 Å². The third-order valence-electron chi connectivity index (χ3n) is 7.66. The average molecular weight is 709 g/mol. The number of ether oxygens (including phenoxy) is 1. The Morgan fingerprint density at radius 1 is 0.957 bits per heavy atom. The van der Waals surface area contributed by atoms with Crippen molar-refractivity contribution < 1.29 is 45.5 Å². The monoisotopic (exact) mass is 707 g/mol. The molecule has 46 heavy (non-hydrogen) atoms. The van der Waals surface area contributed by atoms with Gasteiger partial charge in [0.2, 0.25) is 5.91 Å². The Balaban J connectivity index is 1.34. The summed E-state index contributed by atoms with van der Waals surface area (Å²) in [4.78, 5) is 39.7. The van der Waals surface area contributed by atoms with Crippen molar-refractivity contribution >= 4 is 69.6 Å². The highest BCUT2D eigenvalue weighted by Crippen LogP contribution is 2.65. The van der Waals surface area contributed by atoms with E-state index in [4.69, 9.17) is 39.5 Å². The molecule has 1 heterocycles. The lowest BCUT2D eigenvalue weighted by Gasteiger charge is -2.21. The molecule has 0 aromatic heterocycles. The summed E-state index contributed by atoms with van der Waals surface area (Å²) in [6.07, 6.45) is -4.89. The zero-order valence-electron chi connectivity index (χ0n) is 23.5. The summed E-state index contributed by atoms with van der Waals surface area (Å²) >= 11 is 18.7. The summed E-state index contributed by atoms with van der Waals surface area (Å²) in [5, 5.41) is 4.54. The number of carbonyl (C=O) groups is 3. The quantitative estimate of drug-likeness (QED) is 0.195. The van der Waals surface area contributed by atoms with E-state index in [0.29, 0.717) is 31.6 Å². The Bertz CT molecular complexity index is 1730. The second kappa shape index (κ2) is 12.6. The van der Waals surface area contributed by atoms with Gasteiger partial charge in [-0.05, 0) is 60.9 Å². The number of nitrogens with zero attached hydrogens (tertiary/aromatic N) is 1. The second-order valence-electron chi connectivity index (χ2n) is 10.7. The van der Waals surface area contributed by atoms with Gasteiger partial charge in [-0.2, -0.15) is 13.2 Å². The van der Waals surface area contributed by atoms with Crippen LogP contribution in [0.4, 0.5) is 43.4 Å². The molecule has 3 aromatic carbocycles. The van der Waals surface area contributed by atoms with Crippen molar-refractivity contribution in [3.05, 3.63) is 87.7 Å². The van der Waals surface area contributed by atoms with Crippen LogP contribution in [0.15, 0.2) is 48.5 Å². The summed E-state index contributed by atoms with van der Waals surface area (Å²) in [5.74, 6) is -8.65. The first kappa shape index (κ1) is 33.8. The zero-order chi connectivity index (χ0) is 33.7. The highest BCUT2D eigenvalue weighted by atomic mass is 35.5. The van der Waals surface area contributed by atoms with Crippen molar-refractivity contribution in [2.45, 2.75) is 35.4 Å². The third-order valence-corrected chi connectivity index (χ3v) is 8.93. The van der Waals surface area contributed by atoms with Crippen LogP contribution in [-0.2, 0) is 20.5 Å². The molecular formula is C30H22Cl3F6N3O4. The maximum Gasteiger partial charge on any atom is 0.419 e. The van der Waals surface area contributed by atoms with Gasteiger partial charge in [-0.1, -0.05) is 17.7 Å². The lowest BCUT2D eigenvalue weighted by molar-refractivity contribution is -0.140. The molecule has 1 aliphatic heterocycles. The molecule has 1 aliphatic carbocycles. The van der Waals surface area contributed by atoms with Gasteiger partial charge in [0.1, 0.15) is 27.8 Å². The number of alkyl halides is 5. The standard InChI is InChI=1S/C30H22Cl3F6N3O4/c1-42(20-9-8-19(35)25(24(20)36)41-26(43)21-3-2-10-46-21)28(45)15-12-14(5-6-17(15)31)40-27(44)23-22(29(23,32)33)13-4-7-18(34)16(11-13)30(37,38)39/h4-9,11-12,21-23H,2-3,10H2,1H3,(H,40,44)(H,41,43)/t21?,22-,23?/m0/s1. The summed E-state index contributed by atoms with van der Waals surface area (Å²) < 4.78 is 86.8. The molecule has 2 fully saturated rings. The highest BCUT2D eigenvalue weighted by Gasteiger charge is 2.67. The molecule has 7 nitrogen and oxygen atoms in total. The Kier molecular flexibility index (Phi) is 9.26. The van der Waals surface area contributed by atoms with Crippen molar-refractivity contribution in [1.29, 1.82) is 0 Å². The van der Waals surface area contributed by atoms with Gasteiger partial charge in [-0.15, -0.1) is 23.2 Å². The zero-order valence-corrected chi connectivity index (χ0v) is 25.7. The van der Waals surface area contributed by atoms with Gasteiger partial charge in [0.05, 0.1) is 27.8 Å². The van der Waals surface area contributed by atoms with Gasteiger partial charge in [0, 0.05) is 25.3 Å². The molecular weight excluding hydrogens is 687 g/mol. The van der Waals surface area contributed by atoms with Crippen LogP contribution < -0.4 is 15.5 Å². The molecule has 0 radical (unpaired) electrons. The van der Waals surface area contributed by atoms with Gasteiger partial charge in [-0.25, -0.2) is 13.2 Å². The minimum atomic E-state index is -5.00. The predicted octanol–water partition coefficient (Wildman–Crippen LogP) is 7.70. The van der Waals surface area contributed by atoms with Crippen molar-refractivity contribution in [2.24, 2.45) is 5.92 Å². The molecule has 2 unspecified atom stereocenters. The van der Waals surface area contributed by atoms with Gasteiger partial charge in [0.15, 0.2) is 5.82 Å². The van der Waals surface area contributed by atoms with Gasteiger partial charge in [0.25, 0.3) is 11.8 Å². The fourth-order valence-corrected chi connectivity index (χ4v) is 6.23. The number of hydrogen-bond acceptors (Lipinski definition) is 4. The Morgan fingerprint density at radius 2 is 1.65 bits per heavy atom. The van der Waals surface area contributed by atoms with E-state index in [0.717, 1.165) is 29.2 Å². The number of anilines is 3. The topological polar surface area (TPSA) is 87.7 Å². The number of halogens is 9. The van der Waals surface area contributed by atoms with E-state index in [9.17, 15) is 36.3 Å². The molecule has 16 heteroatoms. The van der Waals surface area contributed by atoms with E-state index in [1.165, 1.54) is 19.2 Å². The first-order valence-corrected chi connectivity index (χ1v) is 14.7. The molecule has 3 amide bonds. The molecule has 3 atom stereocenters. The lowest BCUT2D eigenvalue weighted by atomic mass is 10.0. The lowest BCUT2D eigenvalue weighted by Crippen LogP contribution is -2.30. The Morgan fingerprint density at radius 3 is 2.30 bits per heavy atom. The van der Waals surface area contributed by atoms with Gasteiger partial charge < -0.3 is 20.3 Å². The molecule has 1 saturated heterocycles. The molecule has 2 N–H and O–H groups in total. The number of benzene rings is 3. The van der Waals surface area contributed by atoms with E-state index < -0.39 is 80.6 Å². The molecule has 3 aromatic rings. The van der Waals surface area contributed by atoms with Crippen LogP contribution in [0.1, 0.15) is 40.2 Å². The fourth-order valence-electron chi connectivity index (χ4n) is 5.20. The summed E-state index contributed by atoms with van der Waals surface area (Å²) in [6, 6.07) is 7.75. The molecule has 1 saturated carbocycles. The maximum absolute atomic E-state index is 15.4. The number of hydrogen-bond donors (Lipinski definition) is 2. The Labute approximate surface area is 272 Å². The minimum Gasteiger partial charge on any atom is -0.368 e. The fraction of sp³-hybridized carbons (Fsp3) is 0.300. The van der Waals surface area contributed by atoms with E-state index in [1.54, 1.807) is 0 Å². The predicted molar refractivity (Wildman–Crippen MR) is 159 cm³/mol. The largest absolute Gasteiger partial charge is 0.419 e.